The summed E-state index contributed by atoms with van der Waals surface area (Å²) in [5.74, 6) is -0.255. The van der Waals surface area contributed by atoms with Gasteiger partial charge >= 0.3 is 0 Å². The number of methoxy groups -OCH3 is 1. The Balaban J connectivity index is 1.56. The van der Waals surface area contributed by atoms with Gasteiger partial charge in [0.1, 0.15) is 11.3 Å². The van der Waals surface area contributed by atoms with E-state index in [1.165, 1.54) is 17.7 Å². The molecule has 1 fully saturated rings. The second kappa shape index (κ2) is 10.4. The lowest BCUT2D eigenvalue weighted by Gasteiger charge is -2.32. The maximum absolute atomic E-state index is 13.0. The van der Waals surface area contributed by atoms with Gasteiger partial charge in [-0.05, 0) is 42.9 Å². The number of benzene rings is 2. The van der Waals surface area contributed by atoms with Crippen LogP contribution in [0.1, 0.15) is 26.3 Å². The van der Waals surface area contributed by atoms with Crippen molar-refractivity contribution in [3.8, 4) is 5.75 Å². The van der Waals surface area contributed by atoms with Crippen LogP contribution in [0, 0.1) is 0 Å². The third-order valence-electron chi connectivity index (χ3n) is 5.95. The van der Waals surface area contributed by atoms with Crippen LogP contribution in [0.2, 0.25) is 0 Å². The molecular weight excluding hydrogens is 432 g/mol. The number of hydrogen-bond acceptors (Lipinski definition) is 5. The highest BCUT2D eigenvalue weighted by atomic mass is 16.5. The highest BCUT2D eigenvalue weighted by Crippen LogP contribution is 2.27. The van der Waals surface area contributed by atoms with Gasteiger partial charge in [-0.15, -0.1) is 0 Å². The number of anilines is 1. The minimum Gasteiger partial charge on any atom is -0.495 e. The first kappa shape index (κ1) is 23.3. The lowest BCUT2D eigenvalue weighted by molar-refractivity contribution is 0.0664. The van der Waals surface area contributed by atoms with E-state index < -0.39 is 11.5 Å². The molecule has 2 amide bonds. The van der Waals surface area contributed by atoms with Crippen LogP contribution >= 0.6 is 0 Å². The molecule has 176 valence electrons. The van der Waals surface area contributed by atoms with Gasteiger partial charge < -0.3 is 24.4 Å². The lowest BCUT2D eigenvalue weighted by atomic mass is 10.1. The van der Waals surface area contributed by atoms with Gasteiger partial charge in [0.2, 0.25) is 0 Å². The summed E-state index contributed by atoms with van der Waals surface area (Å²) in [5.41, 5.74) is 1.36. The van der Waals surface area contributed by atoms with Crippen LogP contribution in [0.4, 0.5) is 5.69 Å². The molecule has 8 heteroatoms. The van der Waals surface area contributed by atoms with Crippen LogP contribution in [0.25, 0.3) is 0 Å². The van der Waals surface area contributed by atoms with Gasteiger partial charge in [0.05, 0.1) is 19.3 Å². The molecule has 34 heavy (non-hydrogen) atoms. The predicted molar refractivity (Wildman–Crippen MR) is 131 cm³/mol. The van der Waals surface area contributed by atoms with Gasteiger partial charge in [-0.2, -0.15) is 0 Å². The molecule has 0 saturated carbocycles. The number of rotatable bonds is 6. The van der Waals surface area contributed by atoms with E-state index in [0.29, 0.717) is 36.6 Å². The Morgan fingerprint density at radius 2 is 1.71 bits per heavy atom. The molecular formula is C26H28N4O4. The van der Waals surface area contributed by atoms with Crippen LogP contribution < -0.4 is 15.6 Å². The number of piperazine rings is 1. The van der Waals surface area contributed by atoms with E-state index >= 15 is 0 Å². The first-order valence-corrected chi connectivity index (χ1v) is 11.2. The largest absolute Gasteiger partial charge is 0.495 e. The average Bonchev–Trinajstić information content (AvgIpc) is 2.86. The Bertz CT molecular complexity index is 1230. The topological polar surface area (TPSA) is 83.9 Å². The van der Waals surface area contributed by atoms with Crippen LogP contribution in [0.5, 0.6) is 5.75 Å². The smallest absolute Gasteiger partial charge is 0.263 e. The summed E-state index contributed by atoms with van der Waals surface area (Å²) >= 11 is 0. The summed E-state index contributed by atoms with van der Waals surface area (Å²) < 4.78 is 6.87. The van der Waals surface area contributed by atoms with Gasteiger partial charge in [-0.25, -0.2) is 0 Å². The fourth-order valence-corrected chi connectivity index (χ4v) is 3.93. The predicted octanol–water partition coefficient (Wildman–Crippen LogP) is 2.55. The monoisotopic (exact) mass is 460 g/mol. The second-order valence-electron chi connectivity index (χ2n) is 8.31. The molecule has 1 aliphatic heterocycles. The molecule has 1 aliphatic rings. The molecule has 0 bridgehead atoms. The van der Waals surface area contributed by atoms with Crippen molar-refractivity contribution in [2.75, 3.05) is 45.7 Å². The van der Waals surface area contributed by atoms with E-state index in [1.807, 2.05) is 37.4 Å². The van der Waals surface area contributed by atoms with Crippen LogP contribution in [0.3, 0.4) is 0 Å². The Morgan fingerprint density at radius 1 is 0.971 bits per heavy atom. The number of carbonyl (C=O) groups is 2. The average molecular weight is 461 g/mol. The van der Waals surface area contributed by atoms with Crippen molar-refractivity contribution >= 4 is 17.5 Å². The first-order chi connectivity index (χ1) is 16.5. The fraction of sp³-hybridized carbons (Fsp3) is 0.269. The molecule has 1 saturated heterocycles. The summed E-state index contributed by atoms with van der Waals surface area (Å²) in [4.78, 5) is 43.0. The Morgan fingerprint density at radius 3 is 2.41 bits per heavy atom. The number of hydrogen-bond donors (Lipinski definition) is 1. The van der Waals surface area contributed by atoms with Gasteiger partial charge in [-0.3, -0.25) is 14.4 Å². The van der Waals surface area contributed by atoms with Crippen molar-refractivity contribution < 1.29 is 14.3 Å². The number of likely N-dealkylation sites (N-methyl/N-ethyl adjacent to an activating group) is 1. The fourth-order valence-electron chi connectivity index (χ4n) is 3.93. The highest BCUT2D eigenvalue weighted by molar-refractivity contribution is 6.05. The molecule has 0 aliphatic carbocycles. The zero-order chi connectivity index (χ0) is 24.1. The Kier molecular flexibility index (Phi) is 7.08. The standard InChI is InChI=1S/C26H28N4O4/c1-28-13-15-29(16-14-28)25(32)20-10-11-23(34-2)22(17-20)27-24(31)21-9-6-12-30(26(21)33)18-19-7-4-3-5-8-19/h3-12,17H,13-16,18H2,1-2H3,(H,27,31). The molecule has 1 N–H and O–H groups in total. The molecule has 8 nitrogen and oxygen atoms in total. The van der Waals surface area contributed by atoms with E-state index in [9.17, 15) is 14.4 Å². The maximum Gasteiger partial charge on any atom is 0.263 e. The number of nitrogens with zero attached hydrogens (tertiary/aromatic N) is 3. The molecule has 0 unspecified atom stereocenters. The van der Waals surface area contributed by atoms with Crippen LogP contribution in [0.15, 0.2) is 71.7 Å². The number of ether oxygens (including phenoxy) is 1. The van der Waals surface area contributed by atoms with Crippen molar-refractivity contribution in [1.29, 1.82) is 0 Å². The van der Waals surface area contributed by atoms with Crippen LogP contribution in [-0.2, 0) is 6.54 Å². The normalized spacial score (nSPS) is 14.0. The van der Waals surface area contributed by atoms with Crippen molar-refractivity contribution in [3.63, 3.8) is 0 Å². The first-order valence-electron chi connectivity index (χ1n) is 11.2. The summed E-state index contributed by atoms with van der Waals surface area (Å²) in [7, 11) is 3.52. The maximum atomic E-state index is 13.0. The van der Waals surface area contributed by atoms with Gasteiger partial charge in [-0.1, -0.05) is 30.3 Å². The van der Waals surface area contributed by atoms with Gasteiger partial charge in [0.15, 0.2) is 0 Å². The highest BCUT2D eigenvalue weighted by Gasteiger charge is 2.22. The number of pyridine rings is 1. The van der Waals surface area contributed by atoms with E-state index in [2.05, 4.69) is 10.2 Å². The Hall–Kier alpha value is -3.91. The van der Waals surface area contributed by atoms with Gasteiger partial charge in [0, 0.05) is 37.9 Å². The van der Waals surface area contributed by atoms with E-state index in [4.69, 9.17) is 4.74 Å². The van der Waals surface area contributed by atoms with Crippen molar-refractivity contribution in [2.45, 2.75) is 6.54 Å². The molecule has 0 radical (unpaired) electrons. The molecule has 2 aromatic carbocycles. The quantitative estimate of drug-likeness (QED) is 0.611. The molecule has 4 rings (SSSR count). The number of amides is 2. The zero-order valence-electron chi connectivity index (χ0n) is 19.4. The Labute approximate surface area is 198 Å². The van der Waals surface area contributed by atoms with Crippen LogP contribution in [-0.4, -0.2) is 66.5 Å². The minimum absolute atomic E-state index is 0.0104. The summed E-state index contributed by atoms with van der Waals surface area (Å²) in [6.07, 6.45) is 1.65. The van der Waals surface area contributed by atoms with Crippen molar-refractivity contribution in [2.24, 2.45) is 0 Å². The molecule has 0 spiro atoms. The van der Waals surface area contributed by atoms with Gasteiger partial charge in [0.25, 0.3) is 17.4 Å². The van der Waals surface area contributed by atoms with Crippen molar-refractivity contribution in [1.82, 2.24) is 14.4 Å². The SMILES string of the molecule is COc1ccc(C(=O)N2CCN(C)CC2)cc1NC(=O)c1cccn(Cc2ccccc2)c1=O. The summed E-state index contributed by atoms with van der Waals surface area (Å²) in [5, 5.41) is 2.76. The second-order valence-corrected chi connectivity index (χ2v) is 8.31. The molecule has 1 aromatic heterocycles. The number of aromatic nitrogens is 1. The van der Waals surface area contributed by atoms with E-state index in [0.717, 1.165) is 18.7 Å². The zero-order valence-corrected chi connectivity index (χ0v) is 19.4. The third-order valence-corrected chi connectivity index (χ3v) is 5.95. The summed E-state index contributed by atoms with van der Waals surface area (Å²) in [6, 6.07) is 17.7. The minimum atomic E-state index is -0.560. The van der Waals surface area contributed by atoms with E-state index in [1.54, 1.807) is 35.4 Å². The van der Waals surface area contributed by atoms with E-state index in [-0.39, 0.29) is 11.5 Å². The summed E-state index contributed by atoms with van der Waals surface area (Å²) in [6.45, 7) is 3.28. The number of nitrogens with one attached hydrogen (secondary N) is 1. The molecule has 3 aromatic rings. The molecule has 2 heterocycles. The number of carbonyl (C=O) groups excluding carboxylic acids is 2. The third kappa shape index (κ3) is 5.18. The lowest BCUT2D eigenvalue weighted by Crippen LogP contribution is -2.47. The molecule has 0 atom stereocenters. The van der Waals surface area contributed by atoms with Crippen molar-refractivity contribution in [3.05, 3.63) is 93.9 Å².